The molecule has 0 fully saturated rings. The monoisotopic (exact) mass is 309 g/mol. The average molecular weight is 309 g/mol. The highest BCUT2D eigenvalue weighted by molar-refractivity contribution is 5.55. The zero-order chi connectivity index (χ0) is 15.9. The molecule has 118 valence electrons. The fraction of sp³-hybridized carbons (Fsp3) is 0.222. The molecule has 3 aromatic rings. The van der Waals surface area contributed by atoms with Gasteiger partial charge >= 0.3 is 0 Å². The molecule has 2 heterocycles. The van der Waals surface area contributed by atoms with Crippen molar-refractivity contribution < 1.29 is 9.52 Å². The van der Waals surface area contributed by atoms with Gasteiger partial charge in [0.05, 0.1) is 19.3 Å². The molecule has 0 aliphatic heterocycles. The molecule has 0 aliphatic rings. The molecule has 23 heavy (non-hydrogen) atoms. The van der Waals surface area contributed by atoms with Crippen LogP contribution in [0.15, 0.2) is 65.5 Å². The summed E-state index contributed by atoms with van der Waals surface area (Å²) in [7, 11) is 0. The molecule has 0 atom stereocenters. The Morgan fingerprint density at radius 2 is 1.87 bits per heavy atom. The Kier molecular flexibility index (Phi) is 5.13. The number of aliphatic hydroxyl groups is 1. The maximum absolute atomic E-state index is 9.27. The summed E-state index contributed by atoms with van der Waals surface area (Å²) < 4.78 is 5.83. The molecule has 0 bridgehead atoms. The molecule has 0 amide bonds. The van der Waals surface area contributed by atoms with Crippen LogP contribution in [0.5, 0.6) is 0 Å². The van der Waals surface area contributed by atoms with E-state index in [0.717, 1.165) is 16.9 Å². The normalized spacial score (nSPS) is 11.0. The van der Waals surface area contributed by atoms with Gasteiger partial charge in [-0.1, -0.05) is 36.4 Å². The molecule has 5 heteroatoms. The largest absolute Gasteiger partial charge is 0.439 e. The molecule has 0 spiro atoms. The second-order valence-corrected chi connectivity index (χ2v) is 5.28. The van der Waals surface area contributed by atoms with E-state index in [9.17, 15) is 5.11 Å². The van der Waals surface area contributed by atoms with Crippen molar-refractivity contribution in [1.29, 1.82) is 0 Å². The second-order valence-electron chi connectivity index (χ2n) is 5.28. The first kappa shape index (κ1) is 15.4. The summed E-state index contributed by atoms with van der Waals surface area (Å²) in [4.78, 5) is 10.6. The number of aromatic nitrogens is 2. The number of pyridine rings is 1. The number of benzene rings is 1. The highest BCUT2D eigenvalue weighted by Gasteiger charge is 2.12. The van der Waals surface area contributed by atoms with Crippen LogP contribution in [0, 0.1) is 0 Å². The van der Waals surface area contributed by atoms with E-state index in [1.54, 1.807) is 12.4 Å². The van der Waals surface area contributed by atoms with Crippen molar-refractivity contribution in [3.8, 4) is 11.3 Å². The van der Waals surface area contributed by atoms with Crippen molar-refractivity contribution in [3.05, 3.63) is 72.5 Å². The predicted molar refractivity (Wildman–Crippen MR) is 87.4 cm³/mol. The van der Waals surface area contributed by atoms with E-state index in [0.29, 0.717) is 25.5 Å². The van der Waals surface area contributed by atoms with Gasteiger partial charge in [0.25, 0.3) is 0 Å². The lowest BCUT2D eigenvalue weighted by Crippen LogP contribution is -2.26. The minimum Gasteiger partial charge on any atom is -0.439 e. The summed E-state index contributed by atoms with van der Waals surface area (Å²) in [5.74, 6) is 1.40. The third-order valence-electron chi connectivity index (χ3n) is 3.52. The Hall–Kier alpha value is -2.50. The van der Waals surface area contributed by atoms with Crippen LogP contribution >= 0.6 is 0 Å². The Bertz CT molecular complexity index is 713. The first-order valence-corrected chi connectivity index (χ1v) is 7.57. The SMILES string of the molecule is OCCN(Cc1cccnc1)Cc1ncc(-c2ccccc2)o1. The Labute approximate surface area is 135 Å². The van der Waals surface area contributed by atoms with Gasteiger partial charge in [-0.25, -0.2) is 4.98 Å². The summed E-state index contributed by atoms with van der Waals surface area (Å²) >= 11 is 0. The average Bonchev–Trinajstić information content (AvgIpc) is 3.05. The van der Waals surface area contributed by atoms with Gasteiger partial charge in [0.1, 0.15) is 0 Å². The summed E-state index contributed by atoms with van der Waals surface area (Å²) in [6.45, 7) is 1.88. The molecule has 1 aromatic carbocycles. The number of hydrogen-bond acceptors (Lipinski definition) is 5. The van der Waals surface area contributed by atoms with Crippen molar-refractivity contribution in [2.24, 2.45) is 0 Å². The summed E-state index contributed by atoms with van der Waals surface area (Å²) in [5, 5.41) is 9.27. The quantitative estimate of drug-likeness (QED) is 0.727. The molecular formula is C18H19N3O2. The Morgan fingerprint density at radius 1 is 1.00 bits per heavy atom. The first-order chi connectivity index (χ1) is 11.3. The van der Waals surface area contributed by atoms with Crippen LogP contribution in [0.25, 0.3) is 11.3 Å². The molecule has 0 aliphatic carbocycles. The van der Waals surface area contributed by atoms with E-state index < -0.39 is 0 Å². The van der Waals surface area contributed by atoms with Gasteiger partial charge in [0, 0.05) is 31.0 Å². The first-order valence-electron chi connectivity index (χ1n) is 7.57. The van der Waals surface area contributed by atoms with Crippen LogP contribution in [0.2, 0.25) is 0 Å². The lowest BCUT2D eigenvalue weighted by molar-refractivity contribution is 0.172. The fourth-order valence-corrected chi connectivity index (χ4v) is 2.42. The van der Waals surface area contributed by atoms with Crippen LogP contribution in [-0.4, -0.2) is 33.1 Å². The summed E-state index contributed by atoms with van der Waals surface area (Å²) in [6, 6.07) is 13.8. The van der Waals surface area contributed by atoms with Crippen molar-refractivity contribution >= 4 is 0 Å². The van der Waals surface area contributed by atoms with Gasteiger partial charge in [-0.15, -0.1) is 0 Å². The van der Waals surface area contributed by atoms with E-state index in [-0.39, 0.29) is 6.61 Å². The zero-order valence-corrected chi connectivity index (χ0v) is 12.8. The van der Waals surface area contributed by atoms with Gasteiger partial charge in [-0.2, -0.15) is 0 Å². The molecule has 0 saturated heterocycles. The van der Waals surface area contributed by atoms with Crippen LogP contribution in [0.1, 0.15) is 11.5 Å². The number of oxazole rings is 1. The predicted octanol–water partition coefficient (Wildman–Crippen LogP) is 2.73. The lowest BCUT2D eigenvalue weighted by atomic mass is 10.2. The fourth-order valence-electron chi connectivity index (χ4n) is 2.42. The van der Waals surface area contributed by atoms with E-state index in [1.807, 2.05) is 48.7 Å². The van der Waals surface area contributed by atoms with Gasteiger partial charge in [0.2, 0.25) is 5.89 Å². The topological polar surface area (TPSA) is 62.4 Å². The van der Waals surface area contributed by atoms with Crippen molar-refractivity contribution in [2.45, 2.75) is 13.1 Å². The molecule has 2 aromatic heterocycles. The van der Waals surface area contributed by atoms with Gasteiger partial charge in [-0.3, -0.25) is 9.88 Å². The summed E-state index contributed by atoms with van der Waals surface area (Å²) in [5.41, 5.74) is 2.10. The summed E-state index contributed by atoms with van der Waals surface area (Å²) in [6.07, 6.45) is 5.32. The zero-order valence-electron chi connectivity index (χ0n) is 12.8. The van der Waals surface area contributed by atoms with Crippen LogP contribution in [-0.2, 0) is 13.1 Å². The third kappa shape index (κ3) is 4.25. The van der Waals surface area contributed by atoms with E-state index in [1.165, 1.54) is 0 Å². The molecule has 1 N–H and O–H groups in total. The number of aliphatic hydroxyl groups excluding tert-OH is 1. The maximum Gasteiger partial charge on any atom is 0.209 e. The van der Waals surface area contributed by atoms with Gasteiger partial charge in [-0.05, 0) is 11.6 Å². The van der Waals surface area contributed by atoms with Crippen molar-refractivity contribution in [3.63, 3.8) is 0 Å². The maximum atomic E-state index is 9.27. The standard InChI is InChI=1S/C18H19N3O2/c22-10-9-21(13-15-5-4-8-19-11-15)14-18-20-12-17(23-18)16-6-2-1-3-7-16/h1-8,11-12,22H,9-10,13-14H2. The minimum atomic E-state index is 0.0898. The van der Waals surface area contributed by atoms with Crippen molar-refractivity contribution in [2.75, 3.05) is 13.2 Å². The van der Waals surface area contributed by atoms with E-state index in [4.69, 9.17) is 4.42 Å². The number of hydrogen-bond donors (Lipinski definition) is 1. The van der Waals surface area contributed by atoms with E-state index in [2.05, 4.69) is 14.9 Å². The van der Waals surface area contributed by atoms with Gasteiger partial charge < -0.3 is 9.52 Å². The van der Waals surface area contributed by atoms with Gasteiger partial charge in [0.15, 0.2) is 5.76 Å². The van der Waals surface area contributed by atoms with Crippen LogP contribution < -0.4 is 0 Å². The molecule has 0 radical (unpaired) electrons. The highest BCUT2D eigenvalue weighted by atomic mass is 16.4. The Morgan fingerprint density at radius 3 is 2.61 bits per heavy atom. The molecule has 0 unspecified atom stereocenters. The minimum absolute atomic E-state index is 0.0898. The molecular weight excluding hydrogens is 290 g/mol. The second kappa shape index (κ2) is 7.67. The van der Waals surface area contributed by atoms with E-state index >= 15 is 0 Å². The van der Waals surface area contributed by atoms with Crippen molar-refractivity contribution in [1.82, 2.24) is 14.9 Å². The smallest absolute Gasteiger partial charge is 0.209 e. The van der Waals surface area contributed by atoms with Crippen LogP contribution in [0.4, 0.5) is 0 Å². The molecule has 5 nitrogen and oxygen atoms in total. The number of nitrogens with zero attached hydrogens (tertiary/aromatic N) is 3. The Balaban J connectivity index is 1.69. The highest BCUT2D eigenvalue weighted by Crippen LogP contribution is 2.20. The third-order valence-corrected chi connectivity index (χ3v) is 3.52. The molecule has 3 rings (SSSR count). The lowest BCUT2D eigenvalue weighted by Gasteiger charge is -2.19. The number of rotatable bonds is 7. The molecule has 0 saturated carbocycles. The van der Waals surface area contributed by atoms with Crippen LogP contribution in [0.3, 0.4) is 0 Å².